The Balaban J connectivity index is 1.94. The summed E-state index contributed by atoms with van der Waals surface area (Å²) < 4.78 is 5.13. The molecule has 108 valence electrons. The van der Waals surface area contributed by atoms with Crippen molar-refractivity contribution in [3.63, 3.8) is 0 Å². The van der Waals surface area contributed by atoms with Crippen LogP contribution in [0.2, 0.25) is 0 Å². The number of fused-ring (bicyclic) bond motifs is 1. The highest BCUT2D eigenvalue weighted by molar-refractivity contribution is 5.85. The lowest BCUT2D eigenvalue weighted by molar-refractivity contribution is 0.242. The Morgan fingerprint density at radius 1 is 1.24 bits per heavy atom. The molecule has 0 saturated carbocycles. The lowest BCUT2D eigenvalue weighted by Gasteiger charge is -2.27. The number of nitrogens with two attached hydrogens (primary N) is 1. The first-order chi connectivity index (χ1) is 10.3. The lowest BCUT2D eigenvalue weighted by Crippen LogP contribution is -2.30. The minimum Gasteiger partial charge on any atom is -0.472 e. The van der Waals surface area contributed by atoms with Gasteiger partial charge in [-0.3, -0.25) is 9.88 Å². The summed E-state index contributed by atoms with van der Waals surface area (Å²) in [4.78, 5) is 6.59. The van der Waals surface area contributed by atoms with Crippen molar-refractivity contribution in [3.8, 4) is 0 Å². The molecule has 0 bridgehead atoms. The van der Waals surface area contributed by atoms with Gasteiger partial charge in [-0.15, -0.1) is 0 Å². The molecule has 0 fully saturated rings. The van der Waals surface area contributed by atoms with Gasteiger partial charge in [0.2, 0.25) is 0 Å². The molecule has 3 rings (SSSR count). The number of nitrogens with zero attached hydrogens (tertiary/aromatic N) is 2. The topological polar surface area (TPSA) is 55.3 Å². The number of aromatic nitrogens is 1. The second kappa shape index (κ2) is 6.08. The van der Waals surface area contributed by atoms with Crippen LogP contribution in [0.1, 0.15) is 17.2 Å². The number of likely N-dealkylation sites (N-methyl/N-ethyl adjacent to an activating group) is 1. The largest absolute Gasteiger partial charge is 0.472 e. The van der Waals surface area contributed by atoms with Crippen molar-refractivity contribution in [2.45, 2.75) is 12.6 Å². The first kappa shape index (κ1) is 13.8. The van der Waals surface area contributed by atoms with E-state index in [0.29, 0.717) is 6.54 Å². The summed E-state index contributed by atoms with van der Waals surface area (Å²) in [6, 6.07) is 10.4. The molecule has 0 spiro atoms. The zero-order chi connectivity index (χ0) is 14.7. The van der Waals surface area contributed by atoms with E-state index in [9.17, 15) is 0 Å². The van der Waals surface area contributed by atoms with Crippen LogP contribution in [0.25, 0.3) is 10.8 Å². The normalized spacial score (nSPS) is 12.9. The Hall–Kier alpha value is -2.17. The van der Waals surface area contributed by atoms with E-state index in [4.69, 9.17) is 10.2 Å². The van der Waals surface area contributed by atoms with Gasteiger partial charge in [-0.25, -0.2) is 0 Å². The molecule has 4 nitrogen and oxygen atoms in total. The second-order valence-corrected chi connectivity index (χ2v) is 5.25. The minimum atomic E-state index is 0.124. The molecule has 0 amide bonds. The fourth-order valence-corrected chi connectivity index (χ4v) is 2.73. The Bertz CT molecular complexity index is 704. The van der Waals surface area contributed by atoms with Crippen LogP contribution < -0.4 is 5.73 Å². The molecule has 0 saturated heterocycles. The van der Waals surface area contributed by atoms with Crippen molar-refractivity contribution in [1.82, 2.24) is 9.88 Å². The summed E-state index contributed by atoms with van der Waals surface area (Å²) in [6.07, 6.45) is 7.28. The van der Waals surface area contributed by atoms with E-state index in [-0.39, 0.29) is 6.04 Å². The molecule has 2 aromatic heterocycles. The smallest absolute Gasteiger partial charge is 0.0947 e. The third-order valence-electron chi connectivity index (χ3n) is 3.83. The fourth-order valence-electron chi connectivity index (χ4n) is 2.73. The van der Waals surface area contributed by atoms with Gasteiger partial charge >= 0.3 is 0 Å². The third-order valence-corrected chi connectivity index (χ3v) is 3.83. The van der Waals surface area contributed by atoms with Gasteiger partial charge in [0, 0.05) is 42.5 Å². The van der Waals surface area contributed by atoms with Gasteiger partial charge in [-0.1, -0.05) is 24.3 Å². The molecule has 1 atom stereocenters. The van der Waals surface area contributed by atoms with E-state index < -0.39 is 0 Å². The quantitative estimate of drug-likeness (QED) is 0.781. The summed E-state index contributed by atoms with van der Waals surface area (Å²) in [5.41, 5.74) is 8.34. The van der Waals surface area contributed by atoms with Crippen molar-refractivity contribution < 1.29 is 4.42 Å². The SMILES string of the molecule is CN(Cc1ccoc1)C(CN)c1cncc2ccccc12. The Kier molecular flexibility index (Phi) is 3.99. The van der Waals surface area contributed by atoms with Crippen molar-refractivity contribution >= 4 is 10.8 Å². The Morgan fingerprint density at radius 2 is 2.10 bits per heavy atom. The van der Waals surface area contributed by atoms with Crippen LogP contribution in [0.4, 0.5) is 0 Å². The predicted molar refractivity (Wildman–Crippen MR) is 83.7 cm³/mol. The van der Waals surface area contributed by atoms with Gasteiger partial charge in [0.1, 0.15) is 0 Å². The van der Waals surface area contributed by atoms with Gasteiger partial charge in [-0.2, -0.15) is 0 Å². The summed E-state index contributed by atoms with van der Waals surface area (Å²) in [7, 11) is 2.08. The summed E-state index contributed by atoms with van der Waals surface area (Å²) >= 11 is 0. The summed E-state index contributed by atoms with van der Waals surface area (Å²) in [5.74, 6) is 0. The van der Waals surface area contributed by atoms with E-state index in [1.807, 2.05) is 24.5 Å². The predicted octanol–water partition coefficient (Wildman–Crippen LogP) is 2.96. The van der Waals surface area contributed by atoms with Crippen LogP contribution in [-0.2, 0) is 6.54 Å². The van der Waals surface area contributed by atoms with Gasteiger partial charge in [0.15, 0.2) is 0 Å². The lowest BCUT2D eigenvalue weighted by atomic mass is 10.0. The van der Waals surface area contributed by atoms with E-state index in [2.05, 4.69) is 35.1 Å². The van der Waals surface area contributed by atoms with E-state index in [0.717, 1.165) is 17.5 Å². The summed E-state index contributed by atoms with van der Waals surface area (Å²) in [5, 5.41) is 2.35. The van der Waals surface area contributed by atoms with Crippen molar-refractivity contribution in [3.05, 3.63) is 66.4 Å². The number of furan rings is 1. The fraction of sp³-hybridized carbons (Fsp3) is 0.235. The summed E-state index contributed by atoms with van der Waals surface area (Å²) in [6.45, 7) is 1.34. The van der Waals surface area contributed by atoms with Gasteiger partial charge < -0.3 is 10.2 Å². The van der Waals surface area contributed by atoms with Crippen LogP contribution in [0, 0.1) is 0 Å². The van der Waals surface area contributed by atoms with Crippen LogP contribution in [-0.4, -0.2) is 23.5 Å². The van der Waals surface area contributed by atoms with Crippen molar-refractivity contribution in [1.29, 1.82) is 0 Å². The van der Waals surface area contributed by atoms with E-state index in [1.54, 1.807) is 12.5 Å². The molecular weight excluding hydrogens is 262 g/mol. The highest BCUT2D eigenvalue weighted by Crippen LogP contribution is 2.27. The molecule has 0 aliphatic heterocycles. The molecule has 3 aromatic rings. The molecule has 21 heavy (non-hydrogen) atoms. The Morgan fingerprint density at radius 3 is 2.86 bits per heavy atom. The first-order valence-electron chi connectivity index (χ1n) is 7.03. The highest BCUT2D eigenvalue weighted by Gasteiger charge is 2.18. The molecule has 0 aliphatic rings. The number of hydrogen-bond donors (Lipinski definition) is 1. The number of rotatable bonds is 5. The minimum absolute atomic E-state index is 0.124. The van der Waals surface area contributed by atoms with Gasteiger partial charge in [0.25, 0.3) is 0 Å². The van der Waals surface area contributed by atoms with Crippen LogP contribution >= 0.6 is 0 Å². The Labute approximate surface area is 124 Å². The number of pyridine rings is 1. The molecule has 2 heterocycles. The maximum Gasteiger partial charge on any atom is 0.0947 e. The van der Waals surface area contributed by atoms with Gasteiger partial charge in [-0.05, 0) is 24.1 Å². The maximum absolute atomic E-state index is 6.03. The molecule has 1 unspecified atom stereocenters. The second-order valence-electron chi connectivity index (χ2n) is 5.25. The maximum atomic E-state index is 6.03. The van der Waals surface area contributed by atoms with Crippen LogP contribution in [0.15, 0.2) is 59.7 Å². The number of benzene rings is 1. The first-order valence-corrected chi connectivity index (χ1v) is 7.03. The highest BCUT2D eigenvalue weighted by atomic mass is 16.3. The zero-order valence-electron chi connectivity index (χ0n) is 12.1. The standard InChI is InChI=1S/C17H19N3O/c1-20(11-13-6-7-21-12-13)17(8-18)16-10-19-9-14-4-2-3-5-15(14)16/h2-7,9-10,12,17H,8,11,18H2,1H3. The van der Waals surface area contributed by atoms with Crippen molar-refractivity contribution in [2.75, 3.05) is 13.6 Å². The van der Waals surface area contributed by atoms with Crippen LogP contribution in [0.5, 0.6) is 0 Å². The van der Waals surface area contributed by atoms with Crippen molar-refractivity contribution in [2.24, 2.45) is 5.73 Å². The van der Waals surface area contributed by atoms with Crippen LogP contribution in [0.3, 0.4) is 0 Å². The molecular formula is C17H19N3O. The van der Waals surface area contributed by atoms with Gasteiger partial charge in [0.05, 0.1) is 12.5 Å². The molecule has 2 N–H and O–H groups in total. The molecule has 4 heteroatoms. The molecule has 0 radical (unpaired) electrons. The average Bonchev–Trinajstić information content (AvgIpc) is 3.01. The van der Waals surface area contributed by atoms with E-state index >= 15 is 0 Å². The number of hydrogen-bond acceptors (Lipinski definition) is 4. The third kappa shape index (κ3) is 2.82. The zero-order valence-corrected chi connectivity index (χ0v) is 12.1. The molecule has 0 aliphatic carbocycles. The molecule has 1 aromatic carbocycles. The van der Waals surface area contributed by atoms with E-state index in [1.165, 1.54) is 10.9 Å². The monoisotopic (exact) mass is 281 g/mol. The average molecular weight is 281 g/mol.